The third-order valence-corrected chi connectivity index (χ3v) is 8.22. The van der Waals surface area contributed by atoms with Crippen LogP contribution in [0.5, 0.6) is 5.75 Å². The van der Waals surface area contributed by atoms with Gasteiger partial charge in [0.25, 0.3) is 0 Å². The molecule has 0 aliphatic rings. The van der Waals surface area contributed by atoms with Gasteiger partial charge in [0.2, 0.25) is 0 Å². The Hall–Kier alpha value is -1.67. The van der Waals surface area contributed by atoms with E-state index in [1.807, 2.05) is 48.8 Å². The summed E-state index contributed by atoms with van der Waals surface area (Å²) >= 11 is 6.02. The van der Waals surface area contributed by atoms with Crippen LogP contribution >= 0.6 is 21.3 Å². The largest absolute Gasteiger partial charge is 0.358 e. The SMILES string of the molecule is C=C/C(CC)=C(NC(C)(C)CC(C)(CCCl)c1ccccc1)\C(=C/C)CC.CC(C)Oc1ccccc1[CH]=[Ru][Cl].[CH3-]. The van der Waals surface area contributed by atoms with Crippen molar-refractivity contribution < 1.29 is 20.4 Å². The van der Waals surface area contributed by atoms with Crippen LogP contribution in [-0.2, 0) is 21.1 Å². The molecule has 1 atom stereocenters. The Morgan fingerprint density at radius 1 is 1.02 bits per heavy atom. The van der Waals surface area contributed by atoms with E-state index >= 15 is 0 Å². The number of alkyl halides is 1. The fourth-order valence-corrected chi connectivity index (χ4v) is 6.55. The van der Waals surface area contributed by atoms with Gasteiger partial charge in [0.05, 0.1) is 0 Å². The number of para-hydroxylation sites is 1. The summed E-state index contributed by atoms with van der Waals surface area (Å²) in [5.74, 6) is 1.58. The van der Waals surface area contributed by atoms with Gasteiger partial charge in [-0.2, -0.15) is 0 Å². The Balaban J connectivity index is 0.000000957. The van der Waals surface area contributed by atoms with Gasteiger partial charge in [-0.3, -0.25) is 0 Å². The maximum Gasteiger partial charge on any atom is -0.358 e. The molecule has 0 amide bonds. The second kappa shape index (κ2) is 20.3. The molecule has 0 spiro atoms. The normalized spacial score (nSPS) is 14.1. The second-order valence-corrected chi connectivity index (χ2v) is 13.2. The Labute approximate surface area is 268 Å². The molecule has 5 heteroatoms. The second-order valence-electron chi connectivity index (χ2n) is 11.1. The van der Waals surface area contributed by atoms with Crippen LogP contribution in [0, 0.1) is 7.43 Å². The molecule has 0 aromatic heterocycles. The van der Waals surface area contributed by atoms with E-state index < -0.39 is 0 Å². The van der Waals surface area contributed by atoms with Crippen molar-refractivity contribution >= 4 is 25.9 Å². The van der Waals surface area contributed by atoms with Crippen molar-refractivity contribution in [3.05, 3.63) is 109 Å². The Morgan fingerprint density at radius 3 is 2.12 bits per heavy atom. The minimum absolute atomic E-state index is 0. The Morgan fingerprint density at radius 2 is 1.63 bits per heavy atom. The van der Waals surface area contributed by atoms with Crippen LogP contribution in [0.2, 0.25) is 0 Å². The van der Waals surface area contributed by atoms with Crippen LogP contribution < -0.4 is 10.1 Å². The monoisotopic (exact) mass is 687 g/mol. The van der Waals surface area contributed by atoms with E-state index in [0.29, 0.717) is 5.88 Å². The molecule has 0 radical (unpaired) electrons. The Kier molecular flexibility index (Phi) is 19.5. The molecule has 2 aromatic carbocycles. The van der Waals surface area contributed by atoms with Gasteiger partial charge in [0.1, 0.15) is 0 Å². The van der Waals surface area contributed by atoms with E-state index in [2.05, 4.69) is 89.8 Å². The Bertz CT molecular complexity index is 1120. The topological polar surface area (TPSA) is 21.3 Å². The number of hydrogen-bond acceptors (Lipinski definition) is 2. The van der Waals surface area contributed by atoms with Gasteiger partial charge in [0.15, 0.2) is 0 Å². The molecule has 0 aliphatic heterocycles. The van der Waals surface area contributed by atoms with Crippen molar-refractivity contribution in [2.45, 2.75) is 98.1 Å². The van der Waals surface area contributed by atoms with Crippen LogP contribution in [0.15, 0.2) is 90.2 Å². The van der Waals surface area contributed by atoms with E-state index in [0.717, 1.165) is 37.0 Å². The van der Waals surface area contributed by atoms with Crippen molar-refractivity contribution in [2.75, 3.05) is 5.88 Å². The molecular weight excluding hydrogens is 634 g/mol. The van der Waals surface area contributed by atoms with Crippen molar-refractivity contribution in [2.24, 2.45) is 0 Å². The van der Waals surface area contributed by atoms with Gasteiger partial charge in [-0.05, 0) is 68.6 Å². The quantitative estimate of drug-likeness (QED) is 0.0924. The first kappa shape index (κ1) is 39.3. The van der Waals surface area contributed by atoms with Crippen molar-refractivity contribution in [1.29, 1.82) is 0 Å². The van der Waals surface area contributed by atoms with Crippen LogP contribution in [-0.4, -0.2) is 22.1 Å². The number of allylic oxidation sites excluding steroid dienone is 4. The minimum Gasteiger partial charge on any atom is -0.358 e. The maximum atomic E-state index is 6.21. The molecule has 1 unspecified atom stereocenters. The van der Waals surface area contributed by atoms with Gasteiger partial charge in [-0.25, -0.2) is 0 Å². The zero-order valence-electron chi connectivity index (χ0n) is 26.8. The number of benzene rings is 2. The first-order valence-corrected chi connectivity index (χ1v) is 18.0. The first-order valence-electron chi connectivity index (χ1n) is 14.2. The summed E-state index contributed by atoms with van der Waals surface area (Å²) in [6.45, 7) is 21.5. The molecule has 2 nitrogen and oxygen atoms in total. The number of rotatable bonds is 14. The minimum atomic E-state index is -0.191. The molecule has 0 saturated heterocycles. The van der Waals surface area contributed by atoms with Crippen molar-refractivity contribution in [3.63, 3.8) is 0 Å². The van der Waals surface area contributed by atoms with Crippen LogP contribution in [0.1, 0.15) is 92.2 Å². The van der Waals surface area contributed by atoms with Gasteiger partial charge >= 0.3 is 90.3 Å². The third kappa shape index (κ3) is 13.5. The summed E-state index contributed by atoms with van der Waals surface area (Å²) in [5.41, 5.74) is 6.25. The van der Waals surface area contributed by atoms with Crippen molar-refractivity contribution in [3.8, 4) is 5.75 Å². The molecule has 0 saturated carbocycles. The van der Waals surface area contributed by atoms with Crippen LogP contribution in [0.25, 0.3) is 0 Å². The molecule has 1 N–H and O–H groups in total. The predicted molar refractivity (Wildman–Crippen MR) is 182 cm³/mol. The molecule has 0 aliphatic carbocycles. The summed E-state index contributed by atoms with van der Waals surface area (Å²) in [7, 11) is 5.72. The molecule has 2 aromatic rings. The maximum absolute atomic E-state index is 6.21. The molecule has 0 fully saturated rings. The van der Waals surface area contributed by atoms with Gasteiger partial charge in [0, 0.05) is 17.1 Å². The average Bonchev–Trinajstić information content (AvgIpc) is 2.91. The van der Waals surface area contributed by atoms with Gasteiger partial charge in [-0.15, -0.1) is 11.6 Å². The van der Waals surface area contributed by atoms with Crippen LogP contribution in [0.3, 0.4) is 0 Å². The third-order valence-electron chi connectivity index (χ3n) is 6.84. The first-order chi connectivity index (χ1) is 19.0. The van der Waals surface area contributed by atoms with E-state index in [1.54, 1.807) is 0 Å². The van der Waals surface area contributed by atoms with E-state index in [1.165, 1.54) is 22.4 Å². The van der Waals surface area contributed by atoms with Gasteiger partial charge in [-0.1, -0.05) is 69.8 Å². The van der Waals surface area contributed by atoms with Crippen LogP contribution in [0.4, 0.5) is 0 Å². The van der Waals surface area contributed by atoms with E-state index in [4.69, 9.17) is 26.0 Å². The zero-order chi connectivity index (χ0) is 30.2. The molecule has 0 bridgehead atoms. The zero-order valence-corrected chi connectivity index (χ0v) is 30.0. The summed E-state index contributed by atoms with van der Waals surface area (Å²) in [6, 6.07) is 18.7. The number of nitrogens with one attached hydrogen (secondary N) is 1. The summed E-state index contributed by atoms with van der Waals surface area (Å²) in [4.78, 5) is 0. The van der Waals surface area contributed by atoms with Crippen molar-refractivity contribution in [1.82, 2.24) is 5.32 Å². The standard InChI is InChI=1S/C25H38ClN.C10H12O.CH3.ClH.Ru/c1-8-20(9-2)23(21(10-3)11-4)27-24(5,6)19-25(7,17-18-26)22-15-13-12-14-16-22;1-8(2)11-10-7-5-4-6-9(10)3;;;/h8,10,12-16,27H,1,9,11,17-19H2,2-7H3;3-8H,1-2H3;1H3;1H;/q;;-1;;+1/p-1/b21-10-,23-20-;;;;. The van der Waals surface area contributed by atoms with E-state index in [-0.39, 0.29) is 40.2 Å². The van der Waals surface area contributed by atoms with E-state index in [9.17, 15) is 0 Å². The predicted octanol–water partition coefficient (Wildman–Crippen LogP) is 10.8. The smallest absolute Gasteiger partial charge is 0.358 e. The van der Waals surface area contributed by atoms with Gasteiger partial charge < -0.3 is 12.7 Å². The number of halogens is 2. The summed E-state index contributed by atoms with van der Waals surface area (Å²) in [6.07, 6.45) is 8.34. The number of ether oxygens (including phenoxy) is 1. The number of hydrogen-bond donors (Lipinski definition) is 1. The summed E-state index contributed by atoms with van der Waals surface area (Å²) < 4.78 is 7.66. The fourth-order valence-electron chi connectivity index (χ4n) is 5.02. The fraction of sp³-hybridized carbons (Fsp3) is 0.444. The molecular formula is C36H53Cl2NORu-. The summed E-state index contributed by atoms with van der Waals surface area (Å²) in [5, 5.41) is 3.88. The molecule has 2 rings (SSSR count). The molecule has 231 valence electrons. The molecule has 0 heterocycles. The average molecular weight is 688 g/mol. The molecule has 41 heavy (non-hydrogen) atoms.